The maximum atomic E-state index is 4.88. The van der Waals surface area contributed by atoms with Gasteiger partial charge < -0.3 is 0 Å². The Labute approximate surface area is 404 Å². The molecule has 4 nitrogen and oxygen atoms in total. The fourth-order valence-electron chi connectivity index (χ4n) is 8.38. The Bertz CT molecular complexity index is 2710. The average molecular weight is 1060 g/mol. The molecule has 2 atom stereocenters. The van der Waals surface area contributed by atoms with Gasteiger partial charge >= 0.3 is 0 Å². The lowest BCUT2D eigenvalue weighted by atomic mass is 9.92. The fourth-order valence-corrected chi connectivity index (χ4v) is 16.3. The molecule has 2 unspecified atom stereocenters. The molecular formula is C48H46Br2N4S7. The zero-order valence-electron chi connectivity index (χ0n) is 34.6. The zero-order valence-corrected chi connectivity index (χ0v) is 43.4. The Hall–Kier alpha value is -2.46. The van der Waals surface area contributed by atoms with Crippen molar-refractivity contribution in [2.45, 2.75) is 91.9 Å². The molecule has 0 spiro atoms. The van der Waals surface area contributed by atoms with Crippen molar-refractivity contribution in [1.29, 1.82) is 0 Å². The molecule has 0 radical (unpaired) electrons. The number of unbranched alkanes of at least 4 members (excludes halogenated alkanes) is 2. The number of nitrogens with zero attached hydrogens (tertiary/aromatic N) is 4. The molecule has 0 saturated heterocycles. The van der Waals surface area contributed by atoms with Gasteiger partial charge in [0, 0.05) is 61.3 Å². The number of hydrogen-bond acceptors (Lipinski definition) is 11. The number of halogens is 2. The van der Waals surface area contributed by atoms with Crippen LogP contribution in [0.2, 0.25) is 0 Å². The van der Waals surface area contributed by atoms with Gasteiger partial charge in [-0.25, -0.2) is 0 Å². The van der Waals surface area contributed by atoms with Gasteiger partial charge in [0.1, 0.15) is 22.1 Å². The second kappa shape index (κ2) is 19.7. The molecule has 13 heteroatoms. The number of hydrogen-bond donors (Lipinski definition) is 0. The molecule has 7 aromatic heterocycles. The summed E-state index contributed by atoms with van der Waals surface area (Å²) < 4.78 is 21.9. The molecule has 2 aromatic carbocycles. The van der Waals surface area contributed by atoms with Gasteiger partial charge in [0.2, 0.25) is 0 Å². The lowest BCUT2D eigenvalue weighted by Crippen LogP contribution is -2.03. The predicted octanol–water partition coefficient (Wildman–Crippen LogP) is 19.0. The van der Waals surface area contributed by atoms with Crippen LogP contribution in [0.3, 0.4) is 0 Å². The van der Waals surface area contributed by atoms with Crippen LogP contribution in [0.25, 0.3) is 83.3 Å². The third-order valence-corrected chi connectivity index (χ3v) is 20.0. The number of rotatable bonds is 18. The number of thiophene rings is 5. The molecule has 61 heavy (non-hydrogen) atoms. The second-order valence-corrected chi connectivity index (χ2v) is 25.0. The van der Waals surface area contributed by atoms with Crippen molar-refractivity contribution in [3.05, 3.63) is 91.5 Å². The largest absolute Gasteiger partial charge is 0.172 e. The molecule has 0 saturated carbocycles. The van der Waals surface area contributed by atoms with Gasteiger partial charge in [-0.2, -0.15) is 17.5 Å². The molecule has 0 fully saturated rings. The fraction of sp³-hybridized carbons (Fsp3) is 0.333. The van der Waals surface area contributed by atoms with E-state index >= 15 is 0 Å². The van der Waals surface area contributed by atoms with Crippen LogP contribution in [0.5, 0.6) is 0 Å². The van der Waals surface area contributed by atoms with Crippen LogP contribution in [0.4, 0.5) is 0 Å². The quantitative estimate of drug-likeness (QED) is 0.0859. The molecule has 0 aliphatic carbocycles. The molecule has 9 aromatic rings. The number of aromatic nitrogens is 4. The molecule has 7 heterocycles. The van der Waals surface area contributed by atoms with Gasteiger partial charge in [-0.05, 0) is 116 Å². The van der Waals surface area contributed by atoms with Crippen molar-refractivity contribution >= 4 is 134 Å². The van der Waals surface area contributed by atoms with E-state index in [0.717, 1.165) is 69.0 Å². The smallest absolute Gasteiger partial charge is 0.114 e. The van der Waals surface area contributed by atoms with Crippen molar-refractivity contribution < 1.29 is 0 Å². The van der Waals surface area contributed by atoms with Crippen molar-refractivity contribution in [3.8, 4) is 61.3 Å². The minimum atomic E-state index is 0.723. The maximum absolute atomic E-state index is 4.88. The molecule has 0 bridgehead atoms. The molecule has 0 aliphatic rings. The molecule has 9 rings (SSSR count). The first-order valence-corrected chi connectivity index (χ1v) is 28.4. The monoisotopic (exact) mass is 1060 g/mol. The summed E-state index contributed by atoms with van der Waals surface area (Å²) in [6.07, 6.45) is 12.4. The highest BCUT2D eigenvalue weighted by Gasteiger charge is 2.22. The minimum Gasteiger partial charge on any atom is -0.172 e. The first-order chi connectivity index (χ1) is 29.8. The predicted molar refractivity (Wildman–Crippen MR) is 280 cm³/mol. The van der Waals surface area contributed by atoms with Crippen molar-refractivity contribution in [3.63, 3.8) is 0 Å². The van der Waals surface area contributed by atoms with E-state index in [9.17, 15) is 0 Å². The van der Waals surface area contributed by atoms with E-state index in [1.165, 1.54) is 133 Å². The summed E-state index contributed by atoms with van der Waals surface area (Å²) in [4.78, 5) is 10.2. The molecule has 0 N–H and O–H groups in total. The van der Waals surface area contributed by atoms with E-state index < -0.39 is 0 Å². The summed E-state index contributed by atoms with van der Waals surface area (Å²) in [5.41, 5.74) is 11.3. The Morgan fingerprint density at radius 3 is 1.10 bits per heavy atom. The highest BCUT2D eigenvalue weighted by molar-refractivity contribution is 9.11. The summed E-state index contributed by atoms with van der Waals surface area (Å²) in [7, 11) is 0. The SMILES string of the molecule is CCCCC(CC)Cc1cc(Br)sc1-c1ccc(-c2ccc(-c3ccc(-c4ccc(-c5ccc(-c6sc(Br)cc6CC(CC)CCCC)s5)c5nsnc45)s3)c3nsnc23)s1. The number of benzene rings is 2. The zero-order chi connectivity index (χ0) is 42.0. The Morgan fingerprint density at radius 1 is 0.443 bits per heavy atom. The van der Waals surface area contributed by atoms with E-state index in [2.05, 4.69) is 132 Å². The first kappa shape index (κ1) is 43.8. The van der Waals surface area contributed by atoms with Gasteiger partial charge in [-0.15, -0.1) is 56.7 Å². The third-order valence-electron chi connectivity index (χ3n) is 11.8. The van der Waals surface area contributed by atoms with Crippen molar-refractivity contribution in [2.24, 2.45) is 11.8 Å². The van der Waals surface area contributed by atoms with Gasteiger partial charge in [-0.3, -0.25) is 0 Å². The molecule has 0 aliphatic heterocycles. The Kier molecular flexibility index (Phi) is 14.2. The Morgan fingerprint density at radius 2 is 0.770 bits per heavy atom. The summed E-state index contributed by atoms with van der Waals surface area (Å²) in [6.45, 7) is 9.26. The van der Waals surface area contributed by atoms with Gasteiger partial charge in [0.05, 0.1) is 31.0 Å². The van der Waals surface area contributed by atoms with E-state index in [1.54, 1.807) is 11.3 Å². The first-order valence-electron chi connectivity index (χ1n) is 21.2. The van der Waals surface area contributed by atoms with Gasteiger partial charge in [0.15, 0.2) is 0 Å². The second-order valence-electron chi connectivity index (χ2n) is 15.8. The van der Waals surface area contributed by atoms with E-state index in [0.29, 0.717) is 0 Å². The topological polar surface area (TPSA) is 51.6 Å². The highest BCUT2D eigenvalue weighted by Crippen LogP contribution is 2.48. The minimum absolute atomic E-state index is 0.723. The van der Waals surface area contributed by atoms with Crippen LogP contribution in [-0.2, 0) is 12.8 Å². The lowest BCUT2D eigenvalue weighted by Gasteiger charge is -2.14. The molecule has 0 amide bonds. The summed E-state index contributed by atoms with van der Waals surface area (Å²) in [5, 5.41) is 0. The van der Waals surface area contributed by atoms with Crippen LogP contribution < -0.4 is 0 Å². The van der Waals surface area contributed by atoms with Crippen molar-refractivity contribution in [2.75, 3.05) is 0 Å². The van der Waals surface area contributed by atoms with E-state index in [4.69, 9.17) is 17.5 Å². The number of fused-ring (bicyclic) bond motifs is 2. The van der Waals surface area contributed by atoms with E-state index in [1.807, 2.05) is 45.3 Å². The van der Waals surface area contributed by atoms with Crippen LogP contribution in [-0.4, -0.2) is 17.5 Å². The van der Waals surface area contributed by atoms with Crippen molar-refractivity contribution in [1.82, 2.24) is 17.5 Å². The van der Waals surface area contributed by atoms with E-state index in [-0.39, 0.29) is 0 Å². The lowest BCUT2D eigenvalue weighted by molar-refractivity contribution is 0.450. The highest BCUT2D eigenvalue weighted by atomic mass is 79.9. The normalized spacial score (nSPS) is 13.0. The molecular weight excluding hydrogens is 1020 g/mol. The van der Waals surface area contributed by atoms with Crippen LogP contribution in [0.15, 0.2) is 80.4 Å². The summed E-state index contributed by atoms with van der Waals surface area (Å²) in [6, 6.07) is 27.3. The van der Waals surface area contributed by atoms with Crippen LogP contribution in [0.1, 0.15) is 90.2 Å². The van der Waals surface area contributed by atoms with Gasteiger partial charge in [0.25, 0.3) is 0 Å². The van der Waals surface area contributed by atoms with Crippen LogP contribution in [0, 0.1) is 11.8 Å². The Balaban J connectivity index is 0.972. The summed E-state index contributed by atoms with van der Waals surface area (Å²) >= 11 is 19.5. The van der Waals surface area contributed by atoms with Crippen LogP contribution >= 0.6 is 112 Å². The average Bonchev–Trinajstić information content (AvgIpc) is 4.12. The molecule has 314 valence electrons. The third kappa shape index (κ3) is 9.25. The van der Waals surface area contributed by atoms with Gasteiger partial charge in [-0.1, -0.05) is 103 Å². The maximum Gasteiger partial charge on any atom is 0.114 e. The standard InChI is InChI=1S/C48H46Br2N4S7/c1-5-9-11-27(7-3)23-29-25-41(49)58-47(29)39-21-19-37(56-39)33-15-13-31(43-45(33)53-60-51-43)35-17-18-36(55-35)32-14-16-34(46-44(32)52-61-54-46)38-20-22-40(57-38)48-30(26-42(50)59-48)24-28(8-4)12-10-6-2/h13-22,25-28H,5-12,23-24H2,1-4H3. The summed E-state index contributed by atoms with van der Waals surface area (Å²) in [5.74, 6) is 1.45.